The lowest BCUT2D eigenvalue weighted by Gasteiger charge is -2.11. The van der Waals surface area contributed by atoms with E-state index in [1.54, 1.807) is 50.4 Å². The average Bonchev–Trinajstić information content (AvgIpc) is 2.95. The van der Waals surface area contributed by atoms with Crippen LogP contribution in [0.2, 0.25) is 0 Å². The molecule has 7 heteroatoms. The lowest BCUT2D eigenvalue weighted by molar-refractivity contribution is -0.124. The highest BCUT2D eigenvalue weighted by Gasteiger charge is 2.16. The summed E-state index contributed by atoms with van der Waals surface area (Å²) in [6.07, 6.45) is -0.815. The van der Waals surface area contributed by atoms with Crippen LogP contribution in [0.4, 0.5) is 5.69 Å². The Morgan fingerprint density at radius 1 is 1.12 bits per heavy atom. The predicted octanol–water partition coefficient (Wildman–Crippen LogP) is 3.96. The van der Waals surface area contributed by atoms with Crippen LogP contribution in [0, 0.1) is 0 Å². The molecule has 0 saturated carbocycles. The van der Waals surface area contributed by atoms with Crippen LogP contribution in [0.3, 0.4) is 0 Å². The van der Waals surface area contributed by atoms with Gasteiger partial charge in [-0.15, -0.1) is 10.2 Å². The summed E-state index contributed by atoms with van der Waals surface area (Å²) < 4.78 is 10.6. The first kappa shape index (κ1) is 16.5. The van der Waals surface area contributed by atoms with Crippen LogP contribution in [0.1, 0.15) is 6.92 Å². The molecule has 0 radical (unpaired) electrons. The van der Waals surface area contributed by atoms with Crippen molar-refractivity contribution in [2.45, 2.75) is 13.0 Å². The van der Waals surface area contributed by atoms with Crippen molar-refractivity contribution in [3.05, 3.63) is 48.5 Å². The van der Waals surface area contributed by atoms with Crippen molar-refractivity contribution in [2.24, 2.45) is 10.2 Å². The molecule has 128 valence electrons. The van der Waals surface area contributed by atoms with Gasteiger partial charge in [0.2, 0.25) is 5.88 Å². The van der Waals surface area contributed by atoms with Gasteiger partial charge in [0.25, 0.3) is 0 Å². The van der Waals surface area contributed by atoms with E-state index >= 15 is 0 Å². The van der Waals surface area contributed by atoms with Crippen molar-refractivity contribution in [3.63, 3.8) is 0 Å². The van der Waals surface area contributed by atoms with Gasteiger partial charge in [-0.25, -0.2) is 0 Å². The Morgan fingerprint density at radius 3 is 2.52 bits per heavy atom. The molecule has 0 bridgehead atoms. The summed E-state index contributed by atoms with van der Waals surface area (Å²) in [4.78, 5) is 14.9. The number of hydrogen-bond donors (Lipinski definition) is 2. The molecule has 0 spiro atoms. The van der Waals surface area contributed by atoms with Crippen LogP contribution in [0.25, 0.3) is 10.9 Å². The number of aromatic amines is 1. The molecule has 1 unspecified atom stereocenters. The summed E-state index contributed by atoms with van der Waals surface area (Å²) in [5, 5.41) is 18.1. The highest BCUT2D eigenvalue weighted by atomic mass is 16.5. The molecule has 1 aromatic heterocycles. The fourth-order valence-electron chi connectivity index (χ4n) is 2.30. The fraction of sp³-hybridized carbons (Fsp3) is 0.167. The standard InChI is InChI=1S/C18H17N3O4/c1-11(25-13-9-7-12(24-2)8-10-13)17(22)21-20-16-14-5-3-4-6-15(14)19-18(16)23/h3-11,19,23H,1-2H3. The monoisotopic (exact) mass is 339 g/mol. The van der Waals surface area contributed by atoms with Crippen molar-refractivity contribution >= 4 is 22.5 Å². The zero-order valence-electron chi connectivity index (χ0n) is 13.8. The van der Waals surface area contributed by atoms with Crippen molar-refractivity contribution in [3.8, 4) is 17.4 Å². The Balaban J connectivity index is 1.71. The van der Waals surface area contributed by atoms with Gasteiger partial charge in [-0.1, -0.05) is 18.2 Å². The molecule has 1 atom stereocenters. The minimum Gasteiger partial charge on any atom is -0.497 e. The van der Waals surface area contributed by atoms with Crippen molar-refractivity contribution < 1.29 is 19.4 Å². The zero-order valence-corrected chi connectivity index (χ0v) is 13.8. The van der Waals surface area contributed by atoms with Crippen LogP contribution >= 0.6 is 0 Å². The molecule has 7 nitrogen and oxygen atoms in total. The van der Waals surface area contributed by atoms with Crippen molar-refractivity contribution in [2.75, 3.05) is 7.11 Å². The van der Waals surface area contributed by atoms with Gasteiger partial charge >= 0.3 is 5.91 Å². The van der Waals surface area contributed by atoms with Crippen LogP contribution in [0.5, 0.6) is 17.4 Å². The molecule has 1 amide bonds. The van der Waals surface area contributed by atoms with Crippen LogP contribution in [-0.4, -0.2) is 29.2 Å². The quantitative estimate of drug-likeness (QED) is 0.688. The van der Waals surface area contributed by atoms with Gasteiger partial charge in [0.1, 0.15) is 11.5 Å². The number of benzene rings is 2. The van der Waals surface area contributed by atoms with E-state index < -0.39 is 12.0 Å². The molecule has 1 heterocycles. The first-order chi connectivity index (χ1) is 12.1. The van der Waals surface area contributed by atoms with Crippen LogP contribution in [0.15, 0.2) is 58.8 Å². The van der Waals surface area contributed by atoms with Gasteiger partial charge in [0, 0.05) is 5.39 Å². The second kappa shape index (κ2) is 7.04. The summed E-state index contributed by atoms with van der Waals surface area (Å²) >= 11 is 0. The lowest BCUT2D eigenvalue weighted by atomic mass is 10.2. The van der Waals surface area contributed by atoms with E-state index in [1.165, 1.54) is 0 Å². The number of nitrogens with zero attached hydrogens (tertiary/aromatic N) is 2. The molecule has 0 saturated heterocycles. The molecule has 3 aromatic rings. The fourth-order valence-corrected chi connectivity index (χ4v) is 2.30. The third-order valence-corrected chi connectivity index (χ3v) is 3.63. The van der Waals surface area contributed by atoms with E-state index in [-0.39, 0.29) is 11.6 Å². The minimum absolute atomic E-state index is 0.138. The lowest BCUT2D eigenvalue weighted by Crippen LogP contribution is -2.21. The Labute approximate surface area is 143 Å². The highest BCUT2D eigenvalue weighted by molar-refractivity contribution is 5.94. The maximum Gasteiger partial charge on any atom is 0.304 e. The third kappa shape index (κ3) is 3.60. The van der Waals surface area contributed by atoms with E-state index in [9.17, 15) is 9.90 Å². The molecule has 2 N–H and O–H groups in total. The number of H-pyrrole nitrogens is 1. The number of nitrogens with one attached hydrogen (secondary N) is 1. The topological polar surface area (TPSA) is 96.3 Å². The Kier molecular flexibility index (Phi) is 4.65. The summed E-state index contributed by atoms with van der Waals surface area (Å²) in [7, 11) is 1.57. The Hall–Kier alpha value is -3.35. The van der Waals surface area contributed by atoms with Gasteiger partial charge in [-0.2, -0.15) is 0 Å². The molecular formula is C18H17N3O4. The summed E-state index contributed by atoms with van der Waals surface area (Å²) in [6, 6.07) is 14.1. The van der Waals surface area contributed by atoms with Crippen molar-refractivity contribution in [1.29, 1.82) is 0 Å². The number of para-hydroxylation sites is 1. The molecule has 3 rings (SSSR count). The smallest absolute Gasteiger partial charge is 0.304 e. The van der Waals surface area contributed by atoms with E-state index in [0.717, 1.165) is 0 Å². The summed E-state index contributed by atoms with van der Waals surface area (Å²) in [5.74, 6) is 0.523. The van der Waals surface area contributed by atoms with Gasteiger partial charge in [0.15, 0.2) is 11.8 Å². The van der Waals surface area contributed by atoms with Crippen molar-refractivity contribution in [1.82, 2.24) is 4.98 Å². The Morgan fingerprint density at radius 2 is 1.80 bits per heavy atom. The second-order valence-electron chi connectivity index (χ2n) is 5.34. The van der Waals surface area contributed by atoms with E-state index in [0.29, 0.717) is 22.4 Å². The number of carbonyl (C=O) groups excluding carboxylic acids is 1. The van der Waals surface area contributed by atoms with Crippen LogP contribution < -0.4 is 9.47 Å². The maximum atomic E-state index is 12.1. The predicted molar refractivity (Wildman–Crippen MR) is 92.6 cm³/mol. The number of aromatic nitrogens is 1. The molecule has 0 aliphatic rings. The number of methoxy groups -OCH3 is 1. The number of carbonyl (C=O) groups is 1. The van der Waals surface area contributed by atoms with Gasteiger partial charge in [-0.3, -0.25) is 4.79 Å². The number of aromatic hydroxyl groups is 1. The number of hydrogen-bond acceptors (Lipinski definition) is 5. The molecular weight excluding hydrogens is 322 g/mol. The number of azo groups is 1. The van der Waals surface area contributed by atoms with E-state index in [1.807, 2.05) is 12.1 Å². The molecule has 0 aliphatic carbocycles. The molecule has 0 aliphatic heterocycles. The van der Waals surface area contributed by atoms with Crippen LogP contribution in [-0.2, 0) is 4.79 Å². The average molecular weight is 339 g/mol. The molecule has 2 aromatic carbocycles. The normalized spacial score (nSPS) is 12.4. The van der Waals surface area contributed by atoms with E-state index in [4.69, 9.17) is 9.47 Å². The molecule has 25 heavy (non-hydrogen) atoms. The van der Waals surface area contributed by atoms with Gasteiger partial charge in [0.05, 0.1) is 12.6 Å². The molecule has 0 fully saturated rings. The van der Waals surface area contributed by atoms with Gasteiger partial charge in [-0.05, 0) is 37.3 Å². The SMILES string of the molecule is COc1ccc(OC(C)C(=O)N=Nc2c(O)[nH]c3ccccc23)cc1. The minimum atomic E-state index is -0.815. The number of rotatable bonds is 5. The first-order valence-electron chi connectivity index (χ1n) is 7.64. The summed E-state index contributed by atoms with van der Waals surface area (Å²) in [6.45, 7) is 1.58. The number of amides is 1. The summed E-state index contributed by atoms with van der Waals surface area (Å²) in [5.41, 5.74) is 0.935. The number of fused-ring (bicyclic) bond motifs is 1. The maximum absolute atomic E-state index is 12.1. The van der Waals surface area contributed by atoms with Gasteiger partial charge < -0.3 is 19.6 Å². The Bertz CT molecular complexity index is 916. The zero-order chi connectivity index (χ0) is 17.8. The second-order valence-corrected chi connectivity index (χ2v) is 5.34. The third-order valence-electron chi connectivity index (χ3n) is 3.63. The van der Waals surface area contributed by atoms with E-state index in [2.05, 4.69) is 15.2 Å². The first-order valence-corrected chi connectivity index (χ1v) is 7.64. The highest BCUT2D eigenvalue weighted by Crippen LogP contribution is 2.35. The number of ether oxygens (including phenoxy) is 2. The largest absolute Gasteiger partial charge is 0.497 e.